The van der Waals surface area contributed by atoms with Gasteiger partial charge >= 0.3 is 14.2 Å². The summed E-state index contributed by atoms with van der Waals surface area (Å²) in [6.45, 7) is 0. The van der Waals surface area contributed by atoms with Crippen LogP contribution in [0.5, 0.6) is 0 Å². The van der Waals surface area contributed by atoms with Gasteiger partial charge in [0.05, 0.1) is 0 Å². The molecule has 0 aliphatic carbocycles. The summed E-state index contributed by atoms with van der Waals surface area (Å²) in [5, 5.41) is 34.5. The molecule has 1 aromatic carbocycles. The highest BCUT2D eigenvalue weighted by atomic mass is 16.4. The third-order valence-electron chi connectivity index (χ3n) is 1.86. The highest BCUT2D eigenvalue weighted by Gasteiger charge is 1.99. The minimum Gasteiger partial charge on any atom is -0.424 e. The highest BCUT2D eigenvalue weighted by molar-refractivity contribution is 6.48. The standard InChI is InChI=1S/C10H12B2O4/c13-11(14)7-5-9-1-2-10(4-3-9)6-8-12(15)16/h1-8,13-16H/b7-5+,8-6+. The average molecular weight is 218 g/mol. The predicted octanol–water partition coefficient (Wildman–Crippen LogP) is -0.263. The largest absolute Gasteiger partial charge is 0.480 e. The molecular formula is C10H12B2O4. The Balaban J connectivity index is 2.68. The molecule has 0 aliphatic rings. The molecule has 0 radical (unpaired) electrons. The molecule has 1 rings (SSSR count). The van der Waals surface area contributed by atoms with E-state index in [1.54, 1.807) is 36.4 Å². The zero-order chi connectivity index (χ0) is 12.0. The summed E-state index contributed by atoms with van der Waals surface area (Å²) in [6.07, 6.45) is 3.16. The Hall–Kier alpha value is -1.33. The predicted molar refractivity (Wildman–Crippen MR) is 64.9 cm³/mol. The van der Waals surface area contributed by atoms with E-state index in [1.165, 1.54) is 12.0 Å². The molecule has 0 bridgehead atoms. The minimum absolute atomic E-state index is 0.829. The van der Waals surface area contributed by atoms with Crippen molar-refractivity contribution in [1.29, 1.82) is 0 Å². The lowest BCUT2D eigenvalue weighted by Gasteiger charge is -1.96. The summed E-state index contributed by atoms with van der Waals surface area (Å²) >= 11 is 0. The third-order valence-corrected chi connectivity index (χ3v) is 1.86. The molecule has 1 aromatic rings. The number of rotatable bonds is 4. The Kier molecular flexibility index (Phi) is 5.01. The van der Waals surface area contributed by atoms with Crippen LogP contribution in [0, 0.1) is 0 Å². The van der Waals surface area contributed by atoms with E-state index in [9.17, 15) is 0 Å². The van der Waals surface area contributed by atoms with Gasteiger partial charge in [0.2, 0.25) is 0 Å². The van der Waals surface area contributed by atoms with Crippen LogP contribution in [-0.4, -0.2) is 34.3 Å². The molecule has 0 heterocycles. The third kappa shape index (κ3) is 4.95. The summed E-state index contributed by atoms with van der Waals surface area (Å²) in [6, 6.07) is 7.12. The van der Waals surface area contributed by atoms with Crippen molar-refractivity contribution in [3.05, 3.63) is 47.3 Å². The number of hydrogen-bond acceptors (Lipinski definition) is 4. The molecule has 16 heavy (non-hydrogen) atoms. The van der Waals surface area contributed by atoms with Crippen LogP contribution in [0.25, 0.3) is 12.2 Å². The second-order valence-electron chi connectivity index (χ2n) is 3.21. The molecular weight excluding hydrogens is 206 g/mol. The number of benzene rings is 1. The van der Waals surface area contributed by atoms with Crippen molar-refractivity contribution in [1.82, 2.24) is 0 Å². The topological polar surface area (TPSA) is 80.9 Å². The van der Waals surface area contributed by atoms with E-state index in [-0.39, 0.29) is 0 Å². The van der Waals surface area contributed by atoms with Crippen molar-refractivity contribution in [3.63, 3.8) is 0 Å². The van der Waals surface area contributed by atoms with E-state index in [4.69, 9.17) is 20.1 Å². The van der Waals surface area contributed by atoms with Gasteiger partial charge in [0.25, 0.3) is 0 Å². The molecule has 4 N–H and O–H groups in total. The lowest BCUT2D eigenvalue weighted by molar-refractivity contribution is 0.423. The maximum absolute atomic E-state index is 8.62. The smallest absolute Gasteiger partial charge is 0.424 e. The molecule has 0 spiro atoms. The molecule has 0 saturated carbocycles. The van der Waals surface area contributed by atoms with Gasteiger partial charge in [0, 0.05) is 0 Å². The van der Waals surface area contributed by atoms with Crippen molar-refractivity contribution in [2.45, 2.75) is 0 Å². The zero-order valence-corrected chi connectivity index (χ0v) is 8.56. The Bertz CT molecular complexity index is 334. The fourth-order valence-corrected chi connectivity index (χ4v) is 1.11. The summed E-state index contributed by atoms with van der Waals surface area (Å²) in [5.41, 5.74) is 1.66. The maximum Gasteiger partial charge on any atom is 0.480 e. The second kappa shape index (κ2) is 6.30. The fraction of sp³-hybridized carbons (Fsp3) is 0. The SMILES string of the molecule is OB(O)/C=C/c1ccc(/C=C/B(O)O)cc1. The van der Waals surface area contributed by atoms with Crippen molar-refractivity contribution in [2.24, 2.45) is 0 Å². The van der Waals surface area contributed by atoms with Gasteiger partial charge in [-0.3, -0.25) is 0 Å². The number of hydrogen-bond donors (Lipinski definition) is 4. The van der Waals surface area contributed by atoms with E-state index in [0.717, 1.165) is 11.1 Å². The van der Waals surface area contributed by atoms with E-state index in [0.29, 0.717) is 0 Å². The van der Waals surface area contributed by atoms with Crippen LogP contribution < -0.4 is 0 Å². The molecule has 0 aliphatic heterocycles. The molecule has 0 aromatic heterocycles. The molecule has 0 unspecified atom stereocenters. The van der Waals surface area contributed by atoms with Crippen molar-refractivity contribution in [3.8, 4) is 0 Å². The second-order valence-corrected chi connectivity index (χ2v) is 3.21. The molecule has 0 atom stereocenters. The van der Waals surface area contributed by atoms with Crippen molar-refractivity contribution in [2.75, 3.05) is 0 Å². The Labute approximate surface area is 94.5 Å². The van der Waals surface area contributed by atoms with Crippen molar-refractivity contribution < 1.29 is 20.1 Å². The first-order valence-electron chi connectivity index (χ1n) is 4.76. The Morgan fingerprint density at radius 1 is 0.688 bits per heavy atom. The maximum atomic E-state index is 8.62. The molecule has 6 heteroatoms. The molecule has 0 fully saturated rings. The van der Waals surface area contributed by atoms with Gasteiger partial charge in [0.1, 0.15) is 0 Å². The Morgan fingerprint density at radius 3 is 1.25 bits per heavy atom. The van der Waals surface area contributed by atoms with E-state index >= 15 is 0 Å². The monoisotopic (exact) mass is 218 g/mol. The van der Waals surface area contributed by atoms with Gasteiger partial charge in [-0.1, -0.05) is 48.4 Å². The fourth-order valence-electron chi connectivity index (χ4n) is 1.11. The quantitative estimate of drug-likeness (QED) is 0.524. The first-order chi connectivity index (χ1) is 7.58. The normalized spacial score (nSPS) is 11.2. The van der Waals surface area contributed by atoms with Crippen LogP contribution in [0.1, 0.15) is 11.1 Å². The first kappa shape index (κ1) is 12.7. The molecule has 0 amide bonds. The van der Waals surface area contributed by atoms with Crippen LogP contribution >= 0.6 is 0 Å². The van der Waals surface area contributed by atoms with Gasteiger partial charge < -0.3 is 20.1 Å². The lowest BCUT2D eigenvalue weighted by Crippen LogP contribution is -2.05. The van der Waals surface area contributed by atoms with E-state index in [2.05, 4.69) is 0 Å². The van der Waals surface area contributed by atoms with E-state index < -0.39 is 14.2 Å². The van der Waals surface area contributed by atoms with E-state index in [1.807, 2.05) is 0 Å². The Morgan fingerprint density at radius 2 is 1.00 bits per heavy atom. The molecule has 0 saturated heterocycles. The van der Waals surface area contributed by atoms with Gasteiger partial charge in [-0.05, 0) is 11.1 Å². The minimum atomic E-state index is -1.45. The first-order valence-corrected chi connectivity index (χ1v) is 4.76. The van der Waals surface area contributed by atoms with Crippen LogP contribution in [0.15, 0.2) is 36.2 Å². The van der Waals surface area contributed by atoms with Crippen LogP contribution in [-0.2, 0) is 0 Å². The van der Waals surface area contributed by atoms with Crippen LogP contribution in [0.4, 0.5) is 0 Å². The molecule has 4 nitrogen and oxygen atoms in total. The lowest BCUT2D eigenvalue weighted by atomic mass is 9.90. The summed E-state index contributed by atoms with van der Waals surface area (Å²) in [4.78, 5) is 0. The van der Waals surface area contributed by atoms with Gasteiger partial charge in [0.15, 0.2) is 0 Å². The van der Waals surface area contributed by atoms with Crippen LogP contribution in [0.3, 0.4) is 0 Å². The summed E-state index contributed by atoms with van der Waals surface area (Å²) < 4.78 is 0. The van der Waals surface area contributed by atoms with Crippen molar-refractivity contribution >= 4 is 26.4 Å². The van der Waals surface area contributed by atoms with Gasteiger partial charge in [-0.15, -0.1) is 0 Å². The van der Waals surface area contributed by atoms with Gasteiger partial charge in [-0.2, -0.15) is 0 Å². The molecule has 82 valence electrons. The summed E-state index contributed by atoms with van der Waals surface area (Å²) in [7, 11) is -2.91. The zero-order valence-electron chi connectivity index (χ0n) is 8.56. The van der Waals surface area contributed by atoms with Crippen LogP contribution in [0.2, 0.25) is 0 Å². The highest BCUT2D eigenvalue weighted by Crippen LogP contribution is 2.07. The average Bonchev–Trinajstić information content (AvgIpc) is 2.25. The van der Waals surface area contributed by atoms with Gasteiger partial charge in [-0.25, -0.2) is 0 Å². The summed E-state index contributed by atoms with van der Waals surface area (Å²) in [5.74, 6) is 2.50.